The molecule has 0 saturated heterocycles. The van der Waals surface area contributed by atoms with E-state index in [4.69, 9.17) is 23.4 Å². The second kappa shape index (κ2) is 11.5. The normalized spacial score (nSPS) is 15.8. The molecule has 1 aromatic heterocycles. The van der Waals surface area contributed by atoms with Crippen LogP contribution in [0.1, 0.15) is 54.3 Å². The summed E-state index contributed by atoms with van der Waals surface area (Å²) in [6.07, 6.45) is 6.52. The number of carbonyl (C=O) groups is 2. The van der Waals surface area contributed by atoms with E-state index in [0.717, 1.165) is 32.1 Å². The Hall–Kier alpha value is -4.14. The zero-order valence-electron chi connectivity index (χ0n) is 21.6. The molecule has 1 fully saturated rings. The highest BCUT2D eigenvalue weighted by molar-refractivity contribution is 6.09. The Morgan fingerprint density at radius 3 is 2.39 bits per heavy atom. The highest BCUT2D eigenvalue weighted by Crippen LogP contribution is 2.39. The van der Waals surface area contributed by atoms with Gasteiger partial charge in [0, 0.05) is 17.8 Å². The quantitative estimate of drug-likeness (QED) is 0.451. The van der Waals surface area contributed by atoms with Gasteiger partial charge in [0.25, 0.3) is 5.91 Å². The van der Waals surface area contributed by atoms with Gasteiger partial charge >= 0.3 is 0 Å². The summed E-state index contributed by atoms with van der Waals surface area (Å²) in [4.78, 5) is 29.5. The molecule has 9 nitrogen and oxygen atoms in total. The molecule has 1 N–H and O–H groups in total. The molecule has 1 saturated carbocycles. The maximum Gasteiger partial charge on any atom is 0.294 e. The van der Waals surface area contributed by atoms with E-state index in [9.17, 15) is 9.59 Å². The number of hydrogen-bond donors (Lipinski definition) is 1. The highest BCUT2D eigenvalue weighted by atomic mass is 16.6. The molecule has 0 bridgehead atoms. The molecular formula is C29H32N2O7. The maximum atomic E-state index is 14.1. The Kier molecular flexibility index (Phi) is 7.72. The predicted octanol–water partition coefficient (Wildman–Crippen LogP) is 4.91. The van der Waals surface area contributed by atoms with Crippen LogP contribution in [0.3, 0.4) is 0 Å². The number of nitrogens with one attached hydrogen (secondary N) is 1. The highest BCUT2D eigenvalue weighted by Gasteiger charge is 2.36. The third-order valence-electron chi connectivity index (χ3n) is 6.94. The molecule has 5 rings (SSSR count). The summed E-state index contributed by atoms with van der Waals surface area (Å²) in [5.41, 5.74) is 1.03. The van der Waals surface area contributed by atoms with Gasteiger partial charge in [-0.15, -0.1) is 0 Å². The van der Waals surface area contributed by atoms with Crippen LogP contribution in [-0.2, 0) is 4.79 Å². The zero-order chi connectivity index (χ0) is 26.5. The van der Waals surface area contributed by atoms with Crippen molar-refractivity contribution in [2.45, 2.75) is 44.2 Å². The van der Waals surface area contributed by atoms with E-state index < -0.39 is 11.9 Å². The van der Waals surface area contributed by atoms with Crippen LogP contribution in [0.25, 0.3) is 0 Å². The summed E-state index contributed by atoms with van der Waals surface area (Å²) in [5.74, 6) is 1.41. The van der Waals surface area contributed by atoms with Crippen LogP contribution in [0.4, 0.5) is 5.69 Å². The Labute approximate surface area is 221 Å². The molecule has 0 radical (unpaired) electrons. The molecule has 0 spiro atoms. The van der Waals surface area contributed by atoms with E-state index in [1.807, 2.05) is 0 Å². The number of carbonyl (C=O) groups excluding carboxylic acids is 2. The predicted molar refractivity (Wildman–Crippen MR) is 140 cm³/mol. The fourth-order valence-corrected chi connectivity index (χ4v) is 5.05. The maximum absolute atomic E-state index is 14.1. The van der Waals surface area contributed by atoms with Crippen LogP contribution in [0.2, 0.25) is 0 Å². The molecule has 200 valence electrons. The van der Waals surface area contributed by atoms with Crippen molar-refractivity contribution >= 4 is 17.5 Å². The van der Waals surface area contributed by atoms with Crippen LogP contribution in [-0.4, -0.2) is 45.3 Å². The third kappa shape index (κ3) is 5.27. The van der Waals surface area contributed by atoms with Crippen molar-refractivity contribution in [3.05, 3.63) is 66.1 Å². The van der Waals surface area contributed by atoms with Gasteiger partial charge in [0.05, 0.1) is 20.5 Å². The monoisotopic (exact) mass is 520 g/mol. The first kappa shape index (κ1) is 25.5. The van der Waals surface area contributed by atoms with Crippen LogP contribution >= 0.6 is 0 Å². The van der Waals surface area contributed by atoms with E-state index in [2.05, 4.69) is 5.32 Å². The number of rotatable bonds is 8. The topological polar surface area (TPSA) is 99.5 Å². The van der Waals surface area contributed by atoms with Crippen LogP contribution < -0.4 is 29.2 Å². The van der Waals surface area contributed by atoms with Gasteiger partial charge < -0.3 is 28.7 Å². The van der Waals surface area contributed by atoms with Crippen molar-refractivity contribution in [2.75, 3.05) is 32.3 Å². The molecule has 2 amide bonds. The Balaban J connectivity index is 1.63. The molecule has 0 unspecified atom stereocenters. The van der Waals surface area contributed by atoms with Gasteiger partial charge in [-0.2, -0.15) is 0 Å². The fourth-order valence-electron chi connectivity index (χ4n) is 5.05. The molecule has 3 aromatic rings. The van der Waals surface area contributed by atoms with E-state index in [0.29, 0.717) is 47.5 Å². The number of furan rings is 1. The number of anilines is 1. The Morgan fingerprint density at radius 2 is 1.68 bits per heavy atom. The molecule has 1 aliphatic carbocycles. The molecule has 1 atom stereocenters. The van der Waals surface area contributed by atoms with Crippen molar-refractivity contribution < 1.29 is 33.0 Å². The summed E-state index contributed by atoms with van der Waals surface area (Å²) < 4.78 is 27.9. The fraction of sp³-hybridized carbons (Fsp3) is 0.379. The van der Waals surface area contributed by atoms with E-state index >= 15 is 0 Å². The summed E-state index contributed by atoms with van der Waals surface area (Å²) in [7, 11) is 3.08. The first-order valence-electron chi connectivity index (χ1n) is 12.9. The van der Waals surface area contributed by atoms with Gasteiger partial charge in [0.15, 0.2) is 28.8 Å². The molecule has 9 heteroatoms. The number of amides is 2. The van der Waals surface area contributed by atoms with Crippen LogP contribution in [0, 0.1) is 0 Å². The van der Waals surface area contributed by atoms with E-state index in [1.54, 1.807) is 55.6 Å². The van der Waals surface area contributed by atoms with Crippen molar-refractivity contribution in [2.24, 2.45) is 0 Å². The van der Waals surface area contributed by atoms with Gasteiger partial charge in [-0.05, 0) is 54.8 Å². The number of ether oxygens (including phenoxy) is 4. The molecule has 1 aliphatic heterocycles. The van der Waals surface area contributed by atoms with Crippen molar-refractivity contribution in [3.63, 3.8) is 0 Å². The second-order valence-electron chi connectivity index (χ2n) is 9.34. The lowest BCUT2D eigenvalue weighted by molar-refractivity contribution is -0.123. The Morgan fingerprint density at radius 1 is 0.921 bits per heavy atom. The van der Waals surface area contributed by atoms with Gasteiger partial charge in [-0.1, -0.05) is 25.3 Å². The minimum absolute atomic E-state index is 0.0414. The standard InChI is InChI=1S/C29H32N2O7/c1-34-22-12-10-19(17-25(22)35-2)27(28(32)30-20-7-4-3-5-8-20)31(29(33)24-9-6-14-36-24)21-11-13-23-26(18-21)38-16-15-37-23/h6,9-14,17-18,20,27H,3-5,7-8,15-16H2,1-2H3,(H,30,32)/t27-/m0/s1. The van der Waals surface area contributed by atoms with Crippen molar-refractivity contribution in [3.8, 4) is 23.0 Å². The summed E-state index contributed by atoms with van der Waals surface area (Å²) >= 11 is 0. The second-order valence-corrected chi connectivity index (χ2v) is 9.34. The van der Waals surface area contributed by atoms with Crippen molar-refractivity contribution in [1.29, 1.82) is 0 Å². The first-order valence-corrected chi connectivity index (χ1v) is 12.9. The van der Waals surface area contributed by atoms with Gasteiger partial charge in [0.2, 0.25) is 5.91 Å². The smallest absolute Gasteiger partial charge is 0.294 e. The average Bonchev–Trinajstić information content (AvgIpc) is 3.51. The molecular weight excluding hydrogens is 488 g/mol. The minimum atomic E-state index is -1.03. The SMILES string of the molecule is COc1ccc([C@@H](C(=O)NC2CCCCC2)N(C(=O)c2ccco2)c2ccc3c(c2)OCCO3)cc1OC. The number of nitrogens with zero attached hydrogens (tertiary/aromatic N) is 1. The first-order chi connectivity index (χ1) is 18.6. The summed E-state index contributed by atoms with van der Waals surface area (Å²) in [5, 5.41) is 3.20. The zero-order valence-corrected chi connectivity index (χ0v) is 21.6. The average molecular weight is 521 g/mol. The lowest BCUT2D eigenvalue weighted by Crippen LogP contribution is -2.47. The Bertz CT molecular complexity index is 1270. The third-order valence-corrected chi connectivity index (χ3v) is 6.94. The van der Waals surface area contributed by atoms with E-state index in [1.165, 1.54) is 18.3 Å². The molecule has 2 aromatic carbocycles. The minimum Gasteiger partial charge on any atom is -0.493 e. The molecule has 2 aliphatic rings. The lowest BCUT2D eigenvalue weighted by atomic mass is 9.94. The van der Waals surface area contributed by atoms with Crippen LogP contribution in [0.5, 0.6) is 23.0 Å². The van der Waals surface area contributed by atoms with Gasteiger partial charge in [-0.3, -0.25) is 14.5 Å². The number of hydrogen-bond acceptors (Lipinski definition) is 7. The van der Waals surface area contributed by atoms with Crippen LogP contribution in [0.15, 0.2) is 59.2 Å². The number of fused-ring (bicyclic) bond motifs is 1. The van der Waals surface area contributed by atoms with Crippen molar-refractivity contribution in [1.82, 2.24) is 5.32 Å². The van der Waals surface area contributed by atoms with Gasteiger partial charge in [0.1, 0.15) is 19.3 Å². The largest absolute Gasteiger partial charge is 0.493 e. The number of methoxy groups -OCH3 is 2. The summed E-state index contributed by atoms with van der Waals surface area (Å²) in [6, 6.07) is 12.7. The van der Waals surface area contributed by atoms with Gasteiger partial charge in [-0.25, -0.2) is 0 Å². The van der Waals surface area contributed by atoms with E-state index in [-0.39, 0.29) is 17.7 Å². The summed E-state index contributed by atoms with van der Waals surface area (Å²) in [6.45, 7) is 0.837. The molecule has 2 heterocycles. The molecule has 38 heavy (non-hydrogen) atoms. The number of benzene rings is 2. The lowest BCUT2D eigenvalue weighted by Gasteiger charge is -2.33.